The summed E-state index contributed by atoms with van der Waals surface area (Å²) in [6.45, 7) is 0. The zero-order chi connectivity index (χ0) is 18.0. The predicted molar refractivity (Wildman–Crippen MR) is 78.3 cm³/mol. The van der Waals surface area contributed by atoms with Crippen molar-refractivity contribution >= 4 is 10.1 Å². The summed E-state index contributed by atoms with van der Waals surface area (Å²) in [5.74, 6) is -1.17. The van der Waals surface area contributed by atoms with E-state index >= 15 is 0 Å². The molecule has 130 valence electrons. The van der Waals surface area contributed by atoms with Crippen molar-refractivity contribution in [3.05, 3.63) is 49.6 Å². The molecule has 0 bridgehead atoms. The first-order chi connectivity index (χ1) is 11.1. The van der Waals surface area contributed by atoms with Crippen molar-refractivity contribution < 1.29 is 52.1 Å². The second-order valence-electron chi connectivity index (χ2n) is 4.73. The molecular weight excluding hydrogens is 460 g/mol. The van der Waals surface area contributed by atoms with Crippen LogP contribution in [0.1, 0.15) is 0 Å². The van der Waals surface area contributed by atoms with Crippen LogP contribution in [-0.4, -0.2) is 32.0 Å². The Morgan fingerprint density at radius 2 is 1.71 bits per heavy atom. The molecule has 1 aliphatic rings. The topological polar surface area (TPSA) is 63.6 Å². The first kappa shape index (κ1) is 19.0. The smallest absolute Gasteiger partial charge is 0.405 e. The molecule has 0 unspecified atom stereocenters. The van der Waals surface area contributed by atoms with Gasteiger partial charge in [0.2, 0.25) is 7.14 Å². The van der Waals surface area contributed by atoms with Gasteiger partial charge in [-0.2, -0.15) is 21.6 Å². The van der Waals surface area contributed by atoms with Crippen LogP contribution >= 0.6 is 0 Å². The number of hydrogen-bond donors (Lipinski definition) is 1. The minimum atomic E-state index is -4.91. The summed E-state index contributed by atoms with van der Waals surface area (Å²) >= 11 is -0.000115. The number of rotatable bonds is 2. The molecule has 2 aromatic carbocycles. The van der Waals surface area contributed by atoms with Crippen molar-refractivity contribution in [2.45, 2.75) is 6.18 Å². The molecule has 0 saturated heterocycles. The Morgan fingerprint density at radius 1 is 1.08 bits per heavy atom. The Balaban J connectivity index is 0.000000202. The van der Waals surface area contributed by atoms with Crippen LogP contribution in [0.3, 0.4) is 0 Å². The quantitative estimate of drug-likeness (QED) is 0.428. The van der Waals surface area contributed by atoms with Crippen molar-refractivity contribution in [2.24, 2.45) is 0 Å². The zero-order valence-corrected chi connectivity index (χ0v) is 15.3. The van der Waals surface area contributed by atoms with Crippen molar-refractivity contribution in [2.75, 3.05) is 12.9 Å². The SMILES string of the molecule is COc1cccc2c1-c1ccccc1[I+]2.O=S(=O)(O)CC(F)(F)F. The van der Waals surface area contributed by atoms with Crippen LogP contribution in [0, 0.1) is 7.14 Å². The molecule has 0 aliphatic carbocycles. The summed E-state index contributed by atoms with van der Waals surface area (Å²) in [7, 11) is -3.16. The van der Waals surface area contributed by atoms with Crippen LogP contribution in [0.5, 0.6) is 5.75 Å². The molecule has 0 amide bonds. The minimum Gasteiger partial charge on any atom is -0.496 e. The van der Waals surface area contributed by atoms with Crippen molar-refractivity contribution in [3.8, 4) is 16.9 Å². The van der Waals surface area contributed by atoms with E-state index in [0.29, 0.717) is 0 Å². The average molecular weight is 473 g/mol. The van der Waals surface area contributed by atoms with E-state index in [1.54, 1.807) is 7.11 Å². The molecule has 9 heteroatoms. The van der Waals surface area contributed by atoms with E-state index in [1.807, 2.05) is 6.07 Å². The second-order valence-corrected chi connectivity index (χ2v) is 9.05. The number of benzene rings is 2. The van der Waals surface area contributed by atoms with Gasteiger partial charge in [-0.25, -0.2) is 0 Å². The number of ether oxygens (including phenoxy) is 1. The van der Waals surface area contributed by atoms with Crippen LogP contribution < -0.4 is 25.9 Å². The molecule has 1 aliphatic heterocycles. The summed E-state index contributed by atoms with van der Waals surface area (Å²) < 4.78 is 68.0. The monoisotopic (exact) mass is 473 g/mol. The third kappa shape index (κ3) is 5.08. The van der Waals surface area contributed by atoms with Gasteiger partial charge in [-0.05, 0) is 24.3 Å². The number of fused-ring (bicyclic) bond motifs is 3. The van der Waals surface area contributed by atoms with Crippen LogP contribution in [0.4, 0.5) is 13.2 Å². The summed E-state index contributed by atoms with van der Waals surface area (Å²) in [6.07, 6.45) is -4.85. The van der Waals surface area contributed by atoms with Crippen LogP contribution in [-0.2, 0) is 10.1 Å². The fraction of sp³-hybridized carbons (Fsp3) is 0.200. The summed E-state index contributed by atoms with van der Waals surface area (Å²) in [5, 5.41) is 0. The largest absolute Gasteiger partial charge is 0.496 e. The number of halogens is 4. The Kier molecular flexibility index (Phi) is 5.76. The van der Waals surface area contributed by atoms with E-state index in [9.17, 15) is 21.6 Å². The van der Waals surface area contributed by atoms with Crippen LogP contribution in [0.25, 0.3) is 11.1 Å². The lowest BCUT2D eigenvalue weighted by molar-refractivity contribution is -0.589. The maximum atomic E-state index is 11.0. The fourth-order valence-electron chi connectivity index (χ4n) is 2.08. The lowest BCUT2D eigenvalue weighted by Crippen LogP contribution is -3.61. The molecule has 1 N–H and O–H groups in total. The van der Waals surface area contributed by atoms with Crippen LogP contribution in [0.15, 0.2) is 42.5 Å². The fourth-order valence-corrected chi connectivity index (χ4v) is 5.46. The van der Waals surface area contributed by atoms with Crippen molar-refractivity contribution in [1.29, 1.82) is 0 Å². The third-order valence-electron chi connectivity index (χ3n) is 2.89. The molecule has 2 aromatic rings. The van der Waals surface area contributed by atoms with E-state index in [0.717, 1.165) is 5.75 Å². The Morgan fingerprint density at radius 3 is 2.25 bits per heavy atom. The molecular formula is C15H13F3IO4S+. The van der Waals surface area contributed by atoms with Gasteiger partial charge in [0.25, 0.3) is 10.1 Å². The molecule has 3 rings (SSSR count). The van der Waals surface area contributed by atoms with Gasteiger partial charge in [0, 0.05) is 5.56 Å². The highest BCUT2D eigenvalue weighted by molar-refractivity contribution is 7.85. The first-order valence-corrected chi connectivity index (χ1v) is 10.3. The van der Waals surface area contributed by atoms with Crippen LogP contribution in [0.2, 0.25) is 0 Å². The predicted octanol–water partition coefficient (Wildman–Crippen LogP) is 0.240. The molecule has 1 heterocycles. The maximum Gasteiger partial charge on any atom is 0.405 e. The lowest BCUT2D eigenvalue weighted by Gasteiger charge is -2.03. The minimum absolute atomic E-state index is 0.000115. The van der Waals surface area contributed by atoms with E-state index in [1.165, 1.54) is 18.3 Å². The van der Waals surface area contributed by atoms with Gasteiger partial charge < -0.3 is 4.74 Å². The maximum absolute atomic E-state index is 11.0. The Labute approximate surface area is 147 Å². The zero-order valence-electron chi connectivity index (χ0n) is 12.3. The van der Waals surface area contributed by atoms with Gasteiger partial charge in [0.15, 0.2) is 5.75 Å². The molecule has 24 heavy (non-hydrogen) atoms. The Bertz CT molecular complexity index is 835. The summed E-state index contributed by atoms with van der Waals surface area (Å²) in [6, 6.07) is 15.0. The van der Waals surface area contributed by atoms with Gasteiger partial charge in [0.05, 0.1) is 12.7 Å². The molecule has 0 spiro atoms. The number of alkyl halides is 3. The van der Waals surface area contributed by atoms with Crippen molar-refractivity contribution in [1.82, 2.24) is 0 Å². The number of methoxy groups -OCH3 is 1. The highest BCUT2D eigenvalue weighted by Gasteiger charge is 2.35. The van der Waals surface area contributed by atoms with E-state index < -0.39 is 22.0 Å². The van der Waals surface area contributed by atoms with Crippen molar-refractivity contribution in [3.63, 3.8) is 0 Å². The van der Waals surface area contributed by atoms with Gasteiger partial charge in [-0.15, -0.1) is 0 Å². The molecule has 0 aromatic heterocycles. The summed E-state index contributed by atoms with van der Waals surface area (Å²) in [4.78, 5) is 0. The number of hydrogen-bond acceptors (Lipinski definition) is 3. The normalized spacial score (nSPS) is 12.7. The molecule has 4 nitrogen and oxygen atoms in total. The molecule has 0 fully saturated rings. The van der Waals surface area contributed by atoms with Gasteiger partial charge in [0.1, 0.15) is 5.75 Å². The van der Waals surface area contributed by atoms with Gasteiger partial charge in [-0.1, -0.05) is 18.2 Å². The summed E-state index contributed by atoms with van der Waals surface area (Å²) in [5.41, 5.74) is 2.70. The lowest BCUT2D eigenvalue weighted by atomic mass is 10.1. The first-order valence-electron chi connectivity index (χ1n) is 6.54. The van der Waals surface area contributed by atoms with Gasteiger partial charge in [-0.3, -0.25) is 4.55 Å². The highest BCUT2D eigenvalue weighted by Crippen LogP contribution is 2.31. The third-order valence-corrected chi connectivity index (χ3v) is 6.58. The molecule has 0 atom stereocenters. The van der Waals surface area contributed by atoms with E-state index in [4.69, 9.17) is 9.29 Å². The average Bonchev–Trinajstić information content (AvgIpc) is 2.82. The second kappa shape index (κ2) is 7.28. The van der Waals surface area contributed by atoms with E-state index in [2.05, 4.69) is 36.4 Å². The van der Waals surface area contributed by atoms with Gasteiger partial charge >= 0.3 is 27.4 Å². The molecule has 0 saturated carbocycles. The standard InChI is InChI=1S/C13H10IO.C2H3F3O3S/c1-15-12-8-4-7-11-13(12)9-5-2-3-6-10(9)14-11;3-2(4,5)1-9(6,7)8/h2-8H,1H3;1H2,(H,6,7,8)/q+1;. The van der Waals surface area contributed by atoms with E-state index in [-0.39, 0.29) is 21.2 Å². The molecule has 0 radical (unpaired) electrons. The Hall–Kier alpha value is -1.33. The highest BCUT2D eigenvalue weighted by atomic mass is 127.